The summed E-state index contributed by atoms with van der Waals surface area (Å²) in [4.78, 5) is 13.3. The van der Waals surface area contributed by atoms with Gasteiger partial charge in [0.05, 0.1) is 10.6 Å². The quantitative estimate of drug-likeness (QED) is 0.616. The summed E-state index contributed by atoms with van der Waals surface area (Å²) in [7, 11) is 0. The minimum Gasteiger partial charge on any atom is -0.325 e. The van der Waals surface area contributed by atoms with Crippen LogP contribution in [0.15, 0.2) is 40.9 Å². The number of thiophene rings is 1. The lowest BCUT2D eigenvalue weighted by Gasteiger charge is -2.08. The van der Waals surface area contributed by atoms with Gasteiger partial charge in [0, 0.05) is 17.3 Å². The van der Waals surface area contributed by atoms with Crippen molar-refractivity contribution in [1.29, 1.82) is 0 Å². The number of aromatic nitrogens is 3. The highest BCUT2D eigenvalue weighted by molar-refractivity contribution is 7.99. The van der Waals surface area contributed by atoms with E-state index in [1.807, 2.05) is 48.1 Å². The zero-order valence-electron chi connectivity index (χ0n) is 13.8. The van der Waals surface area contributed by atoms with Gasteiger partial charge in [-0.05, 0) is 43.0 Å². The highest BCUT2D eigenvalue weighted by atomic mass is 35.5. The molecule has 0 aliphatic carbocycles. The number of rotatable bonds is 6. The number of carbonyl (C=O) groups excluding carboxylic acids is 1. The molecule has 5 nitrogen and oxygen atoms in total. The van der Waals surface area contributed by atoms with Gasteiger partial charge in [-0.2, -0.15) is 0 Å². The van der Waals surface area contributed by atoms with Crippen LogP contribution >= 0.6 is 34.7 Å². The summed E-state index contributed by atoms with van der Waals surface area (Å²) >= 11 is 9.08. The number of nitrogens with zero attached hydrogens (tertiary/aromatic N) is 3. The summed E-state index contributed by atoms with van der Waals surface area (Å²) in [5, 5.41) is 14.7. The third-order valence-electron chi connectivity index (χ3n) is 3.56. The molecule has 130 valence electrons. The molecule has 25 heavy (non-hydrogen) atoms. The summed E-state index contributed by atoms with van der Waals surface area (Å²) in [6, 6.07) is 9.48. The van der Waals surface area contributed by atoms with E-state index in [-0.39, 0.29) is 11.7 Å². The monoisotopic (exact) mass is 392 g/mol. The molecule has 0 saturated carbocycles. The number of nitrogens with one attached hydrogen (secondary N) is 1. The minimum atomic E-state index is -0.103. The van der Waals surface area contributed by atoms with Crippen molar-refractivity contribution in [1.82, 2.24) is 14.8 Å². The summed E-state index contributed by atoms with van der Waals surface area (Å²) in [6.07, 6.45) is 0. The highest BCUT2D eigenvalue weighted by Crippen LogP contribution is 2.27. The molecular formula is C17H17ClN4OS2. The van der Waals surface area contributed by atoms with Crippen LogP contribution < -0.4 is 5.32 Å². The lowest BCUT2D eigenvalue weighted by atomic mass is 10.2. The van der Waals surface area contributed by atoms with Crippen LogP contribution in [0.25, 0.3) is 10.7 Å². The van der Waals surface area contributed by atoms with Gasteiger partial charge in [0.15, 0.2) is 11.0 Å². The van der Waals surface area contributed by atoms with Gasteiger partial charge >= 0.3 is 0 Å². The third-order valence-corrected chi connectivity index (χ3v) is 5.80. The van der Waals surface area contributed by atoms with Crippen LogP contribution in [0, 0.1) is 6.92 Å². The fourth-order valence-electron chi connectivity index (χ4n) is 2.27. The van der Waals surface area contributed by atoms with Crippen LogP contribution in [0.3, 0.4) is 0 Å². The topological polar surface area (TPSA) is 59.8 Å². The zero-order valence-corrected chi connectivity index (χ0v) is 16.2. The van der Waals surface area contributed by atoms with Gasteiger partial charge in [0.2, 0.25) is 5.91 Å². The lowest BCUT2D eigenvalue weighted by Crippen LogP contribution is -2.14. The number of hydrogen-bond acceptors (Lipinski definition) is 5. The standard InChI is InChI=1S/C17H17ClN4OS2/c1-3-22-16(14-5-4-8-24-14)20-21-17(22)25-10-15(23)19-12-7-6-11(2)13(18)9-12/h4-9H,3,10H2,1-2H3,(H,19,23). The first-order valence-electron chi connectivity index (χ1n) is 7.74. The van der Waals surface area contributed by atoms with Gasteiger partial charge in [-0.3, -0.25) is 4.79 Å². The average Bonchev–Trinajstić information content (AvgIpc) is 3.24. The Morgan fingerprint density at radius 3 is 2.88 bits per heavy atom. The number of anilines is 1. The smallest absolute Gasteiger partial charge is 0.234 e. The molecule has 8 heteroatoms. The fraction of sp³-hybridized carbons (Fsp3) is 0.235. The Hall–Kier alpha value is -1.83. The van der Waals surface area contributed by atoms with Crippen molar-refractivity contribution in [2.75, 3.05) is 11.1 Å². The SMILES string of the molecule is CCn1c(SCC(=O)Nc2ccc(C)c(Cl)c2)nnc1-c1cccs1. The first-order valence-corrected chi connectivity index (χ1v) is 9.98. The molecule has 0 radical (unpaired) electrons. The molecule has 3 rings (SSSR count). The predicted molar refractivity (Wildman–Crippen MR) is 105 cm³/mol. The van der Waals surface area contributed by atoms with Gasteiger partial charge in [-0.25, -0.2) is 0 Å². The van der Waals surface area contributed by atoms with Gasteiger partial charge in [-0.1, -0.05) is 35.5 Å². The molecule has 1 N–H and O–H groups in total. The largest absolute Gasteiger partial charge is 0.325 e. The molecule has 1 amide bonds. The van der Waals surface area contributed by atoms with Crippen LogP contribution in [0.1, 0.15) is 12.5 Å². The van der Waals surface area contributed by atoms with Crippen LogP contribution in [0.4, 0.5) is 5.69 Å². The van der Waals surface area contributed by atoms with Crippen LogP contribution in [-0.4, -0.2) is 26.4 Å². The van der Waals surface area contributed by atoms with Crippen molar-refractivity contribution in [3.8, 4) is 10.7 Å². The second kappa shape index (κ2) is 8.03. The Morgan fingerprint density at radius 2 is 2.20 bits per heavy atom. The molecule has 0 atom stereocenters. The summed E-state index contributed by atoms with van der Waals surface area (Å²) in [5.74, 6) is 0.993. The van der Waals surface area contributed by atoms with Crippen molar-refractivity contribution < 1.29 is 4.79 Å². The average molecular weight is 393 g/mol. The number of hydrogen-bond donors (Lipinski definition) is 1. The molecule has 0 saturated heterocycles. The second-order valence-electron chi connectivity index (χ2n) is 5.33. The van der Waals surface area contributed by atoms with E-state index in [9.17, 15) is 4.79 Å². The molecular weight excluding hydrogens is 376 g/mol. The third kappa shape index (κ3) is 4.23. The molecule has 1 aromatic carbocycles. The van der Waals surface area contributed by atoms with Gasteiger partial charge in [0.1, 0.15) is 0 Å². The number of thioether (sulfide) groups is 1. The Morgan fingerprint density at radius 1 is 1.36 bits per heavy atom. The Labute approximate surface area is 159 Å². The van der Waals surface area contributed by atoms with Crippen molar-refractivity contribution >= 4 is 46.3 Å². The van der Waals surface area contributed by atoms with E-state index in [0.717, 1.165) is 28.0 Å². The molecule has 2 aromatic heterocycles. The number of aryl methyl sites for hydroxylation is 1. The first-order chi connectivity index (χ1) is 12.1. The van der Waals surface area contributed by atoms with Crippen LogP contribution in [-0.2, 0) is 11.3 Å². The van der Waals surface area contributed by atoms with E-state index >= 15 is 0 Å². The van der Waals surface area contributed by atoms with Crippen molar-refractivity contribution in [2.45, 2.75) is 25.5 Å². The zero-order chi connectivity index (χ0) is 17.8. The molecule has 0 unspecified atom stereocenters. The first kappa shape index (κ1) is 18.0. The van der Waals surface area contributed by atoms with E-state index in [1.54, 1.807) is 17.4 Å². The van der Waals surface area contributed by atoms with E-state index in [1.165, 1.54) is 11.8 Å². The Balaban J connectivity index is 1.65. The molecule has 0 spiro atoms. The predicted octanol–water partition coefficient (Wildman–Crippen LogP) is 4.72. The highest BCUT2D eigenvalue weighted by Gasteiger charge is 2.15. The van der Waals surface area contributed by atoms with Gasteiger partial charge in [-0.15, -0.1) is 21.5 Å². The second-order valence-corrected chi connectivity index (χ2v) is 7.63. The maximum atomic E-state index is 12.2. The summed E-state index contributed by atoms with van der Waals surface area (Å²) in [6.45, 7) is 4.71. The fourth-order valence-corrected chi connectivity index (χ4v) is 3.97. The summed E-state index contributed by atoms with van der Waals surface area (Å²) in [5.41, 5.74) is 1.67. The number of halogens is 1. The number of benzene rings is 1. The molecule has 0 bridgehead atoms. The van der Waals surface area contributed by atoms with Crippen molar-refractivity contribution in [3.63, 3.8) is 0 Å². The normalized spacial score (nSPS) is 10.8. The van der Waals surface area contributed by atoms with E-state index < -0.39 is 0 Å². The molecule has 3 aromatic rings. The van der Waals surface area contributed by atoms with Gasteiger partial charge in [0.25, 0.3) is 0 Å². The summed E-state index contributed by atoms with van der Waals surface area (Å²) < 4.78 is 2.02. The van der Waals surface area contributed by atoms with Crippen molar-refractivity contribution in [3.05, 3.63) is 46.3 Å². The number of amides is 1. The molecule has 0 aliphatic heterocycles. The van der Waals surface area contributed by atoms with E-state index in [4.69, 9.17) is 11.6 Å². The van der Waals surface area contributed by atoms with Gasteiger partial charge < -0.3 is 9.88 Å². The maximum Gasteiger partial charge on any atom is 0.234 e. The van der Waals surface area contributed by atoms with E-state index in [2.05, 4.69) is 15.5 Å². The Bertz CT molecular complexity index is 877. The van der Waals surface area contributed by atoms with Crippen molar-refractivity contribution in [2.24, 2.45) is 0 Å². The minimum absolute atomic E-state index is 0.103. The Kier molecular flexibility index (Phi) is 5.78. The maximum absolute atomic E-state index is 12.2. The van der Waals surface area contributed by atoms with Crippen LogP contribution in [0.2, 0.25) is 5.02 Å². The van der Waals surface area contributed by atoms with Crippen LogP contribution in [0.5, 0.6) is 0 Å². The van der Waals surface area contributed by atoms with E-state index in [0.29, 0.717) is 10.7 Å². The molecule has 0 fully saturated rings. The molecule has 2 heterocycles. The lowest BCUT2D eigenvalue weighted by molar-refractivity contribution is -0.113. The number of carbonyl (C=O) groups is 1. The molecule has 0 aliphatic rings.